The van der Waals surface area contributed by atoms with Crippen molar-refractivity contribution in [3.05, 3.63) is 41.8 Å². The molecule has 0 saturated carbocycles. The normalized spacial score (nSPS) is 11.9. The summed E-state index contributed by atoms with van der Waals surface area (Å²) >= 11 is 0. The van der Waals surface area contributed by atoms with E-state index in [9.17, 15) is 8.42 Å². The third-order valence-electron chi connectivity index (χ3n) is 2.65. The maximum absolute atomic E-state index is 12.3. The van der Waals surface area contributed by atoms with Crippen molar-refractivity contribution in [3.8, 4) is 0 Å². The van der Waals surface area contributed by atoms with E-state index in [4.69, 9.17) is 10.3 Å². The number of hydrogen-bond donors (Lipinski definition) is 1. The predicted octanol–water partition coefficient (Wildman–Crippen LogP) is 1.39. The maximum Gasteiger partial charge on any atom is 0.243 e. The Morgan fingerprint density at radius 2 is 1.95 bits per heavy atom. The second-order valence-corrected chi connectivity index (χ2v) is 6.30. The van der Waals surface area contributed by atoms with Gasteiger partial charge in [0.05, 0.1) is 17.1 Å². The quantitative estimate of drug-likeness (QED) is 0.855. The zero-order chi connectivity index (χ0) is 14.0. The number of nitrogens with two attached hydrogens (primary N) is 1. The standard InChI is InChI=1S/C12H15N3O3S/c1-9-7-11(14-18-9)8-15(2)19(16,17)12-5-3-10(13)4-6-12/h3-7H,8,13H2,1-2H3. The third-order valence-corrected chi connectivity index (χ3v) is 4.47. The van der Waals surface area contributed by atoms with Gasteiger partial charge in [0.2, 0.25) is 10.0 Å². The van der Waals surface area contributed by atoms with Crippen LogP contribution in [0.15, 0.2) is 39.8 Å². The predicted molar refractivity (Wildman–Crippen MR) is 70.7 cm³/mol. The molecule has 0 bridgehead atoms. The van der Waals surface area contributed by atoms with E-state index < -0.39 is 10.0 Å². The van der Waals surface area contributed by atoms with Crippen LogP contribution in [0, 0.1) is 6.92 Å². The van der Waals surface area contributed by atoms with E-state index in [1.54, 1.807) is 25.1 Å². The van der Waals surface area contributed by atoms with Gasteiger partial charge in [-0.15, -0.1) is 0 Å². The second kappa shape index (κ2) is 5.02. The van der Waals surface area contributed by atoms with Gasteiger partial charge in [-0.25, -0.2) is 8.42 Å². The summed E-state index contributed by atoms with van der Waals surface area (Å²) in [4.78, 5) is 0.199. The number of nitrogen functional groups attached to an aromatic ring is 1. The highest BCUT2D eigenvalue weighted by Gasteiger charge is 2.21. The topological polar surface area (TPSA) is 89.4 Å². The van der Waals surface area contributed by atoms with E-state index in [0.717, 1.165) is 0 Å². The van der Waals surface area contributed by atoms with Crippen molar-refractivity contribution in [2.45, 2.75) is 18.4 Å². The van der Waals surface area contributed by atoms with Crippen LogP contribution in [0.2, 0.25) is 0 Å². The number of hydrogen-bond acceptors (Lipinski definition) is 5. The molecule has 0 saturated heterocycles. The van der Waals surface area contributed by atoms with Gasteiger partial charge in [0.25, 0.3) is 0 Å². The van der Waals surface area contributed by atoms with Crippen molar-refractivity contribution in [2.24, 2.45) is 0 Å². The second-order valence-electron chi connectivity index (χ2n) is 4.26. The van der Waals surface area contributed by atoms with E-state index >= 15 is 0 Å². The van der Waals surface area contributed by atoms with Gasteiger partial charge >= 0.3 is 0 Å². The molecule has 2 rings (SSSR count). The molecule has 2 N–H and O–H groups in total. The summed E-state index contributed by atoms with van der Waals surface area (Å²) in [7, 11) is -2.05. The van der Waals surface area contributed by atoms with Crippen LogP contribution in [0.25, 0.3) is 0 Å². The van der Waals surface area contributed by atoms with Gasteiger partial charge in [-0.05, 0) is 31.2 Å². The molecule has 1 aromatic carbocycles. The molecule has 0 amide bonds. The van der Waals surface area contributed by atoms with Gasteiger partial charge in [0.15, 0.2) is 0 Å². The van der Waals surface area contributed by atoms with Gasteiger partial charge in [-0.2, -0.15) is 4.31 Å². The number of benzene rings is 1. The highest BCUT2D eigenvalue weighted by molar-refractivity contribution is 7.89. The average molecular weight is 281 g/mol. The smallest absolute Gasteiger partial charge is 0.243 e. The lowest BCUT2D eigenvalue weighted by Gasteiger charge is -2.15. The van der Waals surface area contributed by atoms with Crippen molar-refractivity contribution in [2.75, 3.05) is 12.8 Å². The number of sulfonamides is 1. The lowest BCUT2D eigenvalue weighted by Crippen LogP contribution is -2.26. The van der Waals surface area contributed by atoms with Crippen LogP contribution in [0.5, 0.6) is 0 Å². The highest BCUT2D eigenvalue weighted by Crippen LogP contribution is 2.17. The van der Waals surface area contributed by atoms with Gasteiger partial charge in [-0.1, -0.05) is 5.16 Å². The van der Waals surface area contributed by atoms with Crippen LogP contribution in [-0.2, 0) is 16.6 Å². The van der Waals surface area contributed by atoms with E-state index in [1.807, 2.05) is 0 Å². The molecular weight excluding hydrogens is 266 g/mol. The Hall–Kier alpha value is -1.86. The molecule has 0 aliphatic rings. The fourth-order valence-corrected chi connectivity index (χ4v) is 2.77. The van der Waals surface area contributed by atoms with Crippen molar-refractivity contribution in [3.63, 3.8) is 0 Å². The first-order valence-corrected chi connectivity index (χ1v) is 7.07. The first-order chi connectivity index (χ1) is 8.89. The van der Waals surface area contributed by atoms with E-state index in [1.165, 1.54) is 23.5 Å². The van der Waals surface area contributed by atoms with Gasteiger partial charge in [0, 0.05) is 18.8 Å². The van der Waals surface area contributed by atoms with Crippen LogP contribution in [0.1, 0.15) is 11.5 Å². The largest absolute Gasteiger partial charge is 0.399 e. The van der Waals surface area contributed by atoms with E-state index in [0.29, 0.717) is 17.1 Å². The third kappa shape index (κ3) is 2.94. The molecule has 0 unspecified atom stereocenters. The summed E-state index contributed by atoms with van der Waals surface area (Å²) < 4.78 is 30.7. The summed E-state index contributed by atoms with van der Waals surface area (Å²) in [5.41, 5.74) is 6.63. The van der Waals surface area contributed by atoms with Crippen LogP contribution in [-0.4, -0.2) is 24.9 Å². The van der Waals surface area contributed by atoms with Crippen molar-refractivity contribution in [1.82, 2.24) is 9.46 Å². The maximum atomic E-state index is 12.3. The first kappa shape index (κ1) is 13.6. The molecule has 1 heterocycles. The summed E-state index contributed by atoms with van der Waals surface area (Å²) in [5.74, 6) is 0.647. The molecule has 102 valence electrons. The van der Waals surface area contributed by atoms with Crippen LogP contribution < -0.4 is 5.73 Å². The molecule has 0 fully saturated rings. The molecule has 1 aromatic heterocycles. The lowest BCUT2D eigenvalue weighted by atomic mass is 10.3. The number of rotatable bonds is 4. The summed E-state index contributed by atoms with van der Waals surface area (Å²) in [6.07, 6.45) is 0. The summed E-state index contributed by atoms with van der Waals surface area (Å²) in [5, 5.41) is 3.78. The molecule has 0 spiro atoms. The van der Waals surface area contributed by atoms with Crippen LogP contribution >= 0.6 is 0 Å². The Morgan fingerprint density at radius 1 is 1.32 bits per heavy atom. The molecule has 0 radical (unpaired) electrons. The Kier molecular flexibility index (Phi) is 3.59. The van der Waals surface area contributed by atoms with E-state index in [2.05, 4.69) is 5.16 Å². The fourth-order valence-electron chi connectivity index (χ4n) is 1.63. The molecule has 0 atom stereocenters. The first-order valence-electron chi connectivity index (χ1n) is 5.63. The van der Waals surface area contributed by atoms with Crippen LogP contribution in [0.3, 0.4) is 0 Å². The number of aryl methyl sites for hydroxylation is 1. The minimum absolute atomic E-state index is 0.157. The Bertz CT molecular complexity index is 662. The summed E-state index contributed by atoms with van der Waals surface area (Å²) in [6.45, 7) is 1.91. The van der Waals surface area contributed by atoms with E-state index in [-0.39, 0.29) is 11.4 Å². The van der Waals surface area contributed by atoms with Crippen molar-refractivity contribution < 1.29 is 12.9 Å². The van der Waals surface area contributed by atoms with Crippen LogP contribution in [0.4, 0.5) is 5.69 Å². The van der Waals surface area contributed by atoms with Gasteiger partial charge in [0.1, 0.15) is 5.76 Å². The van der Waals surface area contributed by atoms with Gasteiger partial charge < -0.3 is 10.3 Å². The zero-order valence-electron chi connectivity index (χ0n) is 10.7. The van der Waals surface area contributed by atoms with Crippen molar-refractivity contribution >= 4 is 15.7 Å². The fraction of sp³-hybridized carbons (Fsp3) is 0.250. The average Bonchev–Trinajstić information content (AvgIpc) is 2.75. The molecule has 2 aromatic rings. The zero-order valence-corrected chi connectivity index (χ0v) is 11.5. The molecule has 6 nitrogen and oxygen atoms in total. The minimum atomic E-state index is -3.55. The van der Waals surface area contributed by atoms with Crippen molar-refractivity contribution in [1.29, 1.82) is 0 Å². The molecule has 7 heteroatoms. The lowest BCUT2D eigenvalue weighted by molar-refractivity contribution is 0.378. The highest BCUT2D eigenvalue weighted by atomic mass is 32.2. The molecule has 0 aliphatic heterocycles. The number of aromatic nitrogens is 1. The molecular formula is C12H15N3O3S. The Balaban J connectivity index is 2.21. The number of nitrogens with zero attached hydrogens (tertiary/aromatic N) is 2. The molecule has 19 heavy (non-hydrogen) atoms. The Morgan fingerprint density at radius 3 is 2.47 bits per heavy atom. The molecule has 0 aliphatic carbocycles. The monoisotopic (exact) mass is 281 g/mol. The minimum Gasteiger partial charge on any atom is -0.399 e. The summed E-state index contributed by atoms with van der Waals surface area (Å²) in [6, 6.07) is 7.78. The number of anilines is 1. The SMILES string of the molecule is Cc1cc(CN(C)S(=O)(=O)c2ccc(N)cc2)no1. The van der Waals surface area contributed by atoms with Gasteiger partial charge in [-0.3, -0.25) is 0 Å². The Labute approximate surface area is 111 Å².